The predicted octanol–water partition coefficient (Wildman–Crippen LogP) is 4.18. The molecule has 0 radical (unpaired) electrons. The van der Waals surface area contributed by atoms with Crippen molar-refractivity contribution in [1.82, 2.24) is 15.5 Å². The highest BCUT2D eigenvalue weighted by molar-refractivity contribution is 6.30. The quantitative estimate of drug-likeness (QED) is 0.109. The molecule has 374 valence electrons. The molecule has 3 saturated heterocycles. The number of anilines is 1. The van der Waals surface area contributed by atoms with E-state index in [4.69, 9.17) is 40.0 Å². The maximum atomic E-state index is 14.5. The minimum Gasteiger partial charge on any atom is -0.459 e. The molecular weight excluding hydrogens is 864 g/mol. The maximum absolute atomic E-state index is 14.5. The number of amides is 2. The number of hydrogen-bond acceptors (Lipinski definition) is 15. The fraction of sp³-hybridized carbons (Fsp3) is 0.830. The molecule has 0 spiro atoms. The van der Waals surface area contributed by atoms with Crippen LogP contribution in [-0.2, 0) is 33.2 Å². The standard InChI is InChI=1S/C47H81ClN4O13/c1-14-19-49-25-47(59)31(8)62-36(23-45(47,10)60-13)64-38-28(5)40(65-42-37(53)34(20-27(4)61-42)52(12)43(56)51-33-18-16-17-32(48)21-33)44(9,57)22-26(3)24-50-30(7)39(54)46(11,58)35(15-2)63-41(55)29(38)6/h16-18,21,26-31,34-40,42,49-50,53-54,57-59H,14-15,19-20,22-25H2,1-13H3,(H,51,56)/t26-,27-,28+,29-,30-,31+,34+,35-,36+,37-,38+,39-,40-,42+,44-,45-,46-,47+/m1/s1. The number of ether oxygens (including phenoxy) is 6. The molecule has 1 aromatic rings. The Morgan fingerprint density at radius 1 is 1.02 bits per heavy atom. The van der Waals surface area contributed by atoms with E-state index in [0.29, 0.717) is 23.8 Å². The Balaban J connectivity index is 1.79. The molecule has 3 fully saturated rings. The van der Waals surface area contributed by atoms with E-state index in [9.17, 15) is 35.1 Å². The van der Waals surface area contributed by atoms with Gasteiger partial charge >= 0.3 is 12.0 Å². The number of methoxy groups -OCH3 is 1. The molecule has 65 heavy (non-hydrogen) atoms. The topological polar surface area (TPSA) is 230 Å². The molecule has 0 saturated carbocycles. The summed E-state index contributed by atoms with van der Waals surface area (Å²) in [6, 6.07) is 4.77. The first-order valence-corrected chi connectivity index (χ1v) is 23.8. The molecular formula is C47H81ClN4O13. The third kappa shape index (κ3) is 12.9. The smallest absolute Gasteiger partial charge is 0.321 e. The number of likely N-dealkylation sites (N-methyl/N-ethyl adjacent to an activating group) is 1. The molecule has 0 aromatic heterocycles. The van der Waals surface area contributed by atoms with Gasteiger partial charge in [-0.15, -0.1) is 0 Å². The monoisotopic (exact) mass is 945 g/mol. The van der Waals surface area contributed by atoms with Crippen molar-refractivity contribution in [1.29, 1.82) is 0 Å². The lowest BCUT2D eigenvalue weighted by molar-refractivity contribution is -0.336. The highest BCUT2D eigenvalue weighted by Crippen LogP contribution is 2.43. The number of aliphatic hydroxyl groups is 5. The van der Waals surface area contributed by atoms with Crippen molar-refractivity contribution in [3.05, 3.63) is 29.3 Å². The first-order valence-electron chi connectivity index (χ1n) is 23.4. The number of carbonyl (C=O) groups excluding carboxylic acids is 2. The molecule has 3 aliphatic heterocycles. The van der Waals surface area contributed by atoms with E-state index in [1.807, 2.05) is 13.8 Å². The van der Waals surface area contributed by atoms with Crippen LogP contribution in [0, 0.1) is 17.8 Å². The Morgan fingerprint density at radius 3 is 2.31 bits per heavy atom. The Morgan fingerprint density at radius 2 is 1.69 bits per heavy atom. The number of urea groups is 1. The van der Waals surface area contributed by atoms with Crippen molar-refractivity contribution in [3.63, 3.8) is 0 Å². The molecule has 0 aliphatic carbocycles. The minimum absolute atomic E-state index is 0.0390. The average molecular weight is 946 g/mol. The molecule has 18 atom stereocenters. The highest BCUT2D eigenvalue weighted by Gasteiger charge is 2.58. The number of hydrogen-bond donors (Lipinski definition) is 8. The van der Waals surface area contributed by atoms with Gasteiger partial charge < -0.3 is 74.8 Å². The predicted molar refractivity (Wildman–Crippen MR) is 246 cm³/mol. The summed E-state index contributed by atoms with van der Waals surface area (Å²) < 4.78 is 38.5. The molecule has 3 heterocycles. The van der Waals surface area contributed by atoms with E-state index in [2.05, 4.69) is 16.0 Å². The number of rotatable bonds is 12. The molecule has 1 aromatic carbocycles. The van der Waals surface area contributed by atoms with Crippen LogP contribution < -0.4 is 16.0 Å². The Bertz CT molecular complexity index is 1700. The van der Waals surface area contributed by atoms with Gasteiger partial charge in [0.1, 0.15) is 35.1 Å². The summed E-state index contributed by atoms with van der Waals surface area (Å²) in [7, 11) is 3.08. The summed E-state index contributed by atoms with van der Waals surface area (Å²) in [6.07, 6.45) is -8.56. The SMILES string of the molecule is CCCNC[C@]1(O)[C@H](C)O[C@@H](O[C@H]2[C@H](C)[C@@H](O[C@@H]3O[C@H](C)C[C@H](N(C)C(=O)Nc4cccc(Cl)c4)[C@H]3O)[C@](C)(O)C[C@@H](C)CN[C@H](C)[C@@H](O)[C@](C)(O)[C@@H](CC)OC(=O)[C@@H]2C)C[C@@]1(C)OC. The van der Waals surface area contributed by atoms with Gasteiger partial charge in [0.25, 0.3) is 0 Å². The zero-order valence-corrected chi connectivity index (χ0v) is 41.6. The second-order valence-electron chi connectivity index (χ2n) is 19.8. The van der Waals surface area contributed by atoms with E-state index in [1.165, 1.54) is 18.9 Å². The van der Waals surface area contributed by atoms with Gasteiger partial charge in [0.05, 0.1) is 42.0 Å². The Labute approximate surface area is 391 Å². The van der Waals surface area contributed by atoms with Gasteiger partial charge in [-0.3, -0.25) is 4.79 Å². The molecule has 3 aliphatic rings. The van der Waals surface area contributed by atoms with Gasteiger partial charge in [0, 0.05) is 49.8 Å². The van der Waals surface area contributed by atoms with Crippen LogP contribution in [0.25, 0.3) is 0 Å². The third-order valence-electron chi connectivity index (χ3n) is 14.2. The fourth-order valence-electron chi connectivity index (χ4n) is 10.0. The first kappa shape index (κ1) is 55.4. The van der Waals surface area contributed by atoms with Crippen LogP contribution in [0.3, 0.4) is 0 Å². The molecule has 8 N–H and O–H groups in total. The molecule has 17 nitrogen and oxygen atoms in total. The Kier molecular flexibility index (Phi) is 19.5. The van der Waals surface area contributed by atoms with E-state index >= 15 is 0 Å². The van der Waals surface area contributed by atoms with Crippen LogP contribution in [0.15, 0.2) is 24.3 Å². The van der Waals surface area contributed by atoms with Crippen LogP contribution in [0.5, 0.6) is 0 Å². The molecule has 4 rings (SSSR count). The van der Waals surface area contributed by atoms with E-state index in [-0.39, 0.29) is 38.1 Å². The zero-order chi connectivity index (χ0) is 48.8. The van der Waals surface area contributed by atoms with Gasteiger partial charge in [0.2, 0.25) is 0 Å². The van der Waals surface area contributed by atoms with Crippen molar-refractivity contribution >= 4 is 29.3 Å². The summed E-state index contributed by atoms with van der Waals surface area (Å²) in [4.78, 5) is 29.5. The maximum Gasteiger partial charge on any atom is 0.321 e. The van der Waals surface area contributed by atoms with Crippen LogP contribution in [0.2, 0.25) is 5.02 Å². The number of nitrogens with zero attached hydrogens (tertiary/aromatic N) is 1. The van der Waals surface area contributed by atoms with Gasteiger partial charge in [-0.25, -0.2) is 4.79 Å². The normalized spacial score (nSPS) is 42.6. The number of nitrogens with one attached hydrogen (secondary N) is 3. The van der Waals surface area contributed by atoms with Crippen molar-refractivity contribution < 1.29 is 63.5 Å². The third-order valence-corrected chi connectivity index (χ3v) is 14.5. The molecule has 0 unspecified atom stereocenters. The van der Waals surface area contributed by atoms with Crippen molar-refractivity contribution in [2.45, 2.75) is 198 Å². The van der Waals surface area contributed by atoms with E-state index in [1.54, 1.807) is 86.7 Å². The summed E-state index contributed by atoms with van der Waals surface area (Å²) in [5.74, 6) is -3.01. The van der Waals surface area contributed by atoms with Gasteiger partial charge in [-0.1, -0.05) is 45.4 Å². The lowest BCUT2D eigenvalue weighted by Crippen LogP contribution is -2.70. The Hall–Kier alpha value is -2.23. The highest BCUT2D eigenvalue weighted by atomic mass is 35.5. The molecule has 18 heteroatoms. The minimum atomic E-state index is -1.86. The summed E-state index contributed by atoms with van der Waals surface area (Å²) in [6.45, 7) is 20.3. The molecule has 0 bridgehead atoms. The summed E-state index contributed by atoms with van der Waals surface area (Å²) in [5.41, 5.74) is -5.77. The number of carbonyl (C=O) groups is 2. The van der Waals surface area contributed by atoms with Crippen LogP contribution in [0.1, 0.15) is 108 Å². The van der Waals surface area contributed by atoms with Crippen molar-refractivity contribution in [2.24, 2.45) is 17.8 Å². The number of benzene rings is 1. The number of halogens is 1. The van der Waals surface area contributed by atoms with Crippen molar-refractivity contribution in [3.8, 4) is 0 Å². The van der Waals surface area contributed by atoms with Crippen molar-refractivity contribution in [2.75, 3.05) is 39.1 Å². The molecule has 2 amide bonds. The lowest BCUT2D eigenvalue weighted by atomic mass is 9.75. The summed E-state index contributed by atoms with van der Waals surface area (Å²) in [5, 5.41) is 70.0. The second kappa shape index (κ2) is 22.9. The fourth-order valence-corrected chi connectivity index (χ4v) is 10.2. The van der Waals surface area contributed by atoms with Gasteiger partial charge in [-0.2, -0.15) is 0 Å². The number of aliphatic hydroxyl groups excluding tert-OH is 2. The second-order valence-corrected chi connectivity index (χ2v) is 20.2. The van der Waals surface area contributed by atoms with E-state index < -0.39 is 114 Å². The van der Waals surface area contributed by atoms with Crippen LogP contribution >= 0.6 is 11.6 Å². The summed E-state index contributed by atoms with van der Waals surface area (Å²) >= 11 is 6.17. The number of cyclic esters (lactones) is 1. The van der Waals surface area contributed by atoms with Crippen LogP contribution in [0.4, 0.5) is 10.5 Å². The zero-order valence-electron chi connectivity index (χ0n) is 40.9. The largest absolute Gasteiger partial charge is 0.459 e. The average Bonchev–Trinajstić information content (AvgIpc) is 3.24. The number of esters is 1. The lowest BCUT2D eigenvalue weighted by Gasteiger charge is -2.53. The van der Waals surface area contributed by atoms with Crippen LogP contribution in [-0.4, -0.2) is 166 Å². The van der Waals surface area contributed by atoms with E-state index in [0.717, 1.165) is 6.42 Å². The van der Waals surface area contributed by atoms with Gasteiger partial charge in [0.15, 0.2) is 12.6 Å². The van der Waals surface area contributed by atoms with Gasteiger partial charge in [-0.05, 0) is 111 Å². The first-order chi connectivity index (χ1) is 30.3.